The molecule has 0 spiro atoms. The van der Waals surface area contributed by atoms with Crippen molar-refractivity contribution in [2.24, 2.45) is 5.92 Å². The third-order valence-corrected chi connectivity index (χ3v) is 3.41. The van der Waals surface area contributed by atoms with Gasteiger partial charge in [-0.05, 0) is 30.9 Å². The third kappa shape index (κ3) is 6.37. The molecule has 0 saturated heterocycles. The number of nitrogens with zero attached hydrogens (tertiary/aromatic N) is 1. The standard InChI is InChI=1S/C16H26N2O/c1-3-5-6-8-14(7-4-2)13-18-16(19)15-9-11-17-12-10-15/h9-12,14H,3-8,13H2,1-2H3,(H,18,19). The highest BCUT2D eigenvalue weighted by Gasteiger charge is 2.10. The van der Waals surface area contributed by atoms with Crippen LogP contribution in [-0.4, -0.2) is 17.4 Å². The summed E-state index contributed by atoms with van der Waals surface area (Å²) in [5, 5.41) is 3.04. The Bertz CT molecular complexity index is 351. The summed E-state index contributed by atoms with van der Waals surface area (Å²) in [6, 6.07) is 3.50. The second-order valence-electron chi connectivity index (χ2n) is 5.10. The van der Waals surface area contributed by atoms with Crippen LogP contribution in [0.5, 0.6) is 0 Å². The summed E-state index contributed by atoms with van der Waals surface area (Å²) < 4.78 is 0. The smallest absolute Gasteiger partial charge is 0.251 e. The summed E-state index contributed by atoms with van der Waals surface area (Å²) in [5.74, 6) is 0.626. The van der Waals surface area contributed by atoms with E-state index in [0.29, 0.717) is 11.5 Å². The second kappa shape index (κ2) is 9.54. The lowest BCUT2D eigenvalue weighted by Gasteiger charge is -2.16. The van der Waals surface area contributed by atoms with Gasteiger partial charge in [-0.25, -0.2) is 0 Å². The van der Waals surface area contributed by atoms with E-state index in [4.69, 9.17) is 0 Å². The van der Waals surface area contributed by atoms with Crippen molar-refractivity contribution in [2.75, 3.05) is 6.54 Å². The Balaban J connectivity index is 2.36. The van der Waals surface area contributed by atoms with Gasteiger partial charge in [0.15, 0.2) is 0 Å². The minimum absolute atomic E-state index is 0.0130. The molecule has 106 valence electrons. The minimum atomic E-state index is 0.0130. The topological polar surface area (TPSA) is 42.0 Å². The Morgan fingerprint density at radius 3 is 2.53 bits per heavy atom. The molecule has 0 radical (unpaired) electrons. The lowest BCUT2D eigenvalue weighted by atomic mass is 9.96. The maximum Gasteiger partial charge on any atom is 0.251 e. The average Bonchev–Trinajstić information content (AvgIpc) is 2.45. The Hall–Kier alpha value is -1.38. The Morgan fingerprint density at radius 2 is 1.89 bits per heavy atom. The predicted octanol–water partition coefficient (Wildman–Crippen LogP) is 3.81. The molecule has 3 heteroatoms. The number of aromatic nitrogens is 1. The molecule has 1 atom stereocenters. The van der Waals surface area contributed by atoms with Gasteiger partial charge in [0.1, 0.15) is 0 Å². The summed E-state index contributed by atoms with van der Waals surface area (Å²) >= 11 is 0. The maximum absolute atomic E-state index is 11.9. The van der Waals surface area contributed by atoms with Crippen LogP contribution in [0.4, 0.5) is 0 Å². The number of unbranched alkanes of at least 4 members (excludes halogenated alkanes) is 2. The number of hydrogen-bond donors (Lipinski definition) is 1. The largest absolute Gasteiger partial charge is 0.352 e. The van der Waals surface area contributed by atoms with E-state index in [9.17, 15) is 4.79 Å². The molecule has 1 aromatic rings. The molecule has 0 bridgehead atoms. The molecular formula is C16H26N2O. The summed E-state index contributed by atoms with van der Waals surface area (Å²) in [6.07, 6.45) is 10.7. The molecule has 1 heterocycles. The van der Waals surface area contributed by atoms with E-state index in [2.05, 4.69) is 24.1 Å². The Morgan fingerprint density at radius 1 is 1.16 bits per heavy atom. The van der Waals surface area contributed by atoms with E-state index >= 15 is 0 Å². The van der Waals surface area contributed by atoms with Crippen molar-refractivity contribution in [1.29, 1.82) is 0 Å². The van der Waals surface area contributed by atoms with Crippen LogP contribution in [0.25, 0.3) is 0 Å². The van der Waals surface area contributed by atoms with E-state index in [0.717, 1.165) is 6.54 Å². The van der Waals surface area contributed by atoms with Crippen LogP contribution in [-0.2, 0) is 0 Å². The molecule has 1 amide bonds. The third-order valence-electron chi connectivity index (χ3n) is 3.41. The van der Waals surface area contributed by atoms with Crippen LogP contribution < -0.4 is 5.32 Å². The number of pyridine rings is 1. The van der Waals surface area contributed by atoms with E-state index in [1.807, 2.05) is 0 Å². The molecule has 0 saturated carbocycles. The van der Waals surface area contributed by atoms with Gasteiger partial charge >= 0.3 is 0 Å². The van der Waals surface area contributed by atoms with Crippen molar-refractivity contribution in [3.63, 3.8) is 0 Å². The van der Waals surface area contributed by atoms with Gasteiger partial charge in [0.2, 0.25) is 0 Å². The first-order chi connectivity index (χ1) is 9.27. The van der Waals surface area contributed by atoms with Crippen molar-refractivity contribution in [1.82, 2.24) is 10.3 Å². The number of amides is 1. The maximum atomic E-state index is 11.9. The van der Waals surface area contributed by atoms with Crippen molar-refractivity contribution in [3.8, 4) is 0 Å². The molecule has 0 aliphatic carbocycles. The molecular weight excluding hydrogens is 236 g/mol. The van der Waals surface area contributed by atoms with E-state index in [-0.39, 0.29) is 5.91 Å². The van der Waals surface area contributed by atoms with Gasteiger partial charge in [0, 0.05) is 24.5 Å². The van der Waals surface area contributed by atoms with Crippen molar-refractivity contribution >= 4 is 5.91 Å². The van der Waals surface area contributed by atoms with E-state index in [1.165, 1.54) is 38.5 Å². The summed E-state index contributed by atoms with van der Waals surface area (Å²) in [6.45, 7) is 5.22. The fraction of sp³-hybridized carbons (Fsp3) is 0.625. The van der Waals surface area contributed by atoms with Crippen LogP contribution in [0.15, 0.2) is 24.5 Å². The number of hydrogen-bond acceptors (Lipinski definition) is 2. The van der Waals surface area contributed by atoms with Crippen molar-refractivity contribution < 1.29 is 4.79 Å². The van der Waals surface area contributed by atoms with Gasteiger partial charge in [-0.2, -0.15) is 0 Å². The molecule has 0 fully saturated rings. The SMILES string of the molecule is CCCCCC(CCC)CNC(=O)c1ccncc1. The van der Waals surface area contributed by atoms with Crippen LogP contribution in [0.2, 0.25) is 0 Å². The molecule has 19 heavy (non-hydrogen) atoms. The van der Waals surface area contributed by atoms with Gasteiger partial charge in [0.25, 0.3) is 5.91 Å². The summed E-state index contributed by atoms with van der Waals surface area (Å²) in [5.41, 5.74) is 0.693. The molecule has 3 nitrogen and oxygen atoms in total. The Labute approximate surface area is 116 Å². The molecule has 1 rings (SSSR count). The molecule has 0 aromatic carbocycles. The average molecular weight is 262 g/mol. The van der Waals surface area contributed by atoms with Crippen LogP contribution >= 0.6 is 0 Å². The predicted molar refractivity (Wildman–Crippen MR) is 79.1 cm³/mol. The highest BCUT2D eigenvalue weighted by atomic mass is 16.1. The van der Waals surface area contributed by atoms with Crippen LogP contribution in [0, 0.1) is 5.92 Å². The second-order valence-corrected chi connectivity index (χ2v) is 5.10. The monoisotopic (exact) mass is 262 g/mol. The molecule has 0 aliphatic rings. The van der Waals surface area contributed by atoms with Gasteiger partial charge < -0.3 is 5.32 Å². The zero-order chi connectivity index (χ0) is 13.9. The van der Waals surface area contributed by atoms with E-state index < -0.39 is 0 Å². The van der Waals surface area contributed by atoms with Gasteiger partial charge in [0.05, 0.1) is 0 Å². The van der Waals surface area contributed by atoms with E-state index in [1.54, 1.807) is 24.5 Å². The highest BCUT2D eigenvalue weighted by molar-refractivity contribution is 5.93. The fourth-order valence-electron chi connectivity index (χ4n) is 2.28. The van der Waals surface area contributed by atoms with Gasteiger partial charge in [-0.1, -0.05) is 39.5 Å². The highest BCUT2D eigenvalue weighted by Crippen LogP contribution is 2.15. The van der Waals surface area contributed by atoms with Crippen LogP contribution in [0.1, 0.15) is 62.7 Å². The van der Waals surface area contributed by atoms with Crippen molar-refractivity contribution in [3.05, 3.63) is 30.1 Å². The first kappa shape index (κ1) is 15.7. The number of carbonyl (C=O) groups is 1. The lowest BCUT2D eigenvalue weighted by Crippen LogP contribution is -2.29. The number of nitrogens with one attached hydrogen (secondary N) is 1. The normalized spacial score (nSPS) is 12.1. The Kier molecular flexibility index (Phi) is 7.87. The number of carbonyl (C=O) groups excluding carboxylic acids is 1. The molecule has 1 unspecified atom stereocenters. The first-order valence-electron chi connectivity index (χ1n) is 7.46. The molecule has 0 aliphatic heterocycles. The zero-order valence-electron chi connectivity index (χ0n) is 12.2. The van der Waals surface area contributed by atoms with Crippen LogP contribution in [0.3, 0.4) is 0 Å². The summed E-state index contributed by atoms with van der Waals surface area (Å²) in [7, 11) is 0. The zero-order valence-corrected chi connectivity index (χ0v) is 12.2. The van der Waals surface area contributed by atoms with Crippen molar-refractivity contribution in [2.45, 2.75) is 52.4 Å². The molecule has 1 aromatic heterocycles. The van der Waals surface area contributed by atoms with Gasteiger partial charge in [-0.15, -0.1) is 0 Å². The quantitative estimate of drug-likeness (QED) is 0.688. The number of rotatable bonds is 9. The minimum Gasteiger partial charge on any atom is -0.352 e. The fourth-order valence-corrected chi connectivity index (χ4v) is 2.28. The first-order valence-corrected chi connectivity index (χ1v) is 7.46. The van der Waals surface area contributed by atoms with Gasteiger partial charge in [-0.3, -0.25) is 9.78 Å². The molecule has 1 N–H and O–H groups in total. The summed E-state index contributed by atoms with van der Waals surface area (Å²) in [4.78, 5) is 15.9. The lowest BCUT2D eigenvalue weighted by molar-refractivity contribution is 0.0945.